The lowest BCUT2D eigenvalue weighted by molar-refractivity contribution is -0.121. The Morgan fingerprint density at radius 3 is 2.80 bits per heavy atom. The second-order valence-corrected chi connectivity index (χ2v) is 5.28. The molecule has 1 aliphatic rings. The van der Waals surface area contributed by atoms with Crippen molar-refractivity contribution in [3.8, 4) is 0 Å². The summed E-state index contributed by atoms with van der Waals surface area (Å²) in [6, 6.07) is 7.42. The Morgan fingerprint density at radius 1 is 1.50 bits per heavy atom. The van der Waals surface area contributed by atoms with E-state index in [0.29, 0.717) is 6.54 Å². The molecule has 1 aromatic rings. The minimum Gasteiger partial charge on any atom is -0.395 e. The van der Waals surface area contributed by atoms with Crippen molar-refractivity contribution in [2.45, 2.75) is 38.4 Å². The summed E-state index contributed by atoms with van der Waals surface area (Å²) < 4.78 is 0. The Bertz CT molecular complexity index is 447. The summed E-state index contributed by atoms with van der Waals surface area (Å²) in [7, 11) is 0. The zero-order valence-electron chi connectivity index (χ0n) is 11.9. The number of nitrogens with two attached hydrogens (primary N) is 1. The average molecular weight is 277 g/mol. The van der Waals surface area contributed by atoms with Gasteiger partial charge in [-0.1, -0.05) is 12.1 Å². The van der Waals surface area contributed by atoms with Crippen LogP contribution in [0.25, 0.3) is 0 Å². The van der Waals surface area contributed by atoms with Crippen LogP contribution in [0.15, 0.2) is 24.3 Å². The molecule has 2 atom stereocenters. The molecule has 0 aromatic heterocycles. The van der Waals surface area contributed by atoms with Crippen LogP contribution in [0, 0.1) is 0 Å². The number of benzene rings is 1. The van der Waals surface area contributed by atoms with E-state index in [-0.39, 0.29) is 24.6 Å². The molecule has 5 nitrogen and oxygen atoms in total. The fraction of sp³-hybridized carbons (Fsp3) is 0.533. The molecule has 0 spiro atoms. The number of nitrogens with zero attached hydrogens (tertiary/aromatic N) is 1. The number of aliphatic hydroxyl groups is 1. The van der Waals surface area contributed by atoms with Crippen LogP contribution in [-0.4, -0.2) is 41.1 Å². The van der Waals surface area contributed by atoms with Crippen molar-refractivity contribution in [3.05, 3.63) is 29.8 Å². The van der Waals surface area contributed by atoms with Gasteiger partial charge in [-0.2, -0.15) is 0 Å². The Labute approximate surface area is 119 Å². The van der Waals surface area contributed by atoms with Crippen molar-refractivity contribution in [3.63, 3.8) is 0 Å². The van der Waals surface area contributed by atoms with Crippen LogP contribution in [0.1, 0.15) is 25.3 Å². The Morgan fingerprint density at radius 2 is 2.20 bits per heavy atom. The van der Waals surface area contributed by atoms with Crippen LogP contribution in [0.3, 0.4) is 0 Å². The number of rotatable bonds is 5. The molecule has 1 aliphatic heterocycles. The first-order chi connectivity index (χ1) is 9.65. The highest BCUT2D eigenvalue weighted by atomic mass is 16.3. The van der Waals surface area contributed by atoms with Crippen LogP contribution in [0.4, 0.5) is 5.69 Å². The molecule has 0 radical (unpaired) electrons. The molecule has 0 bridgehead atoms. The van der Waals surface area contributed by atoms with E-state index in [0.717, 1.165) is 30.6 Å². The summed E-state index contributed by atoms with van der Waals surface area (Å²) in [5.74, 6) is -0.0363. The quantitative estimate of drug-likeness (QED) is 0.748. The lowest BCUT2D eigenvalue weighted by atomic mass is 10.2. The van der Waals surface area contributed by atoms with Gasteiger partial charge in [-0.05, 0) is 44.0 Å². The van der Waals surface area contributed by atoms with Gasteiger partial charge < -0.3 is 16.2 Å². The SMILES string of the molecule is CC(C(=O)Nc1ccc(CN)cc1)N1CCCC1CO. The van der Waals surface area contributed by atoms with Crippen molar-refractivity contribution in [1.82, 2.24) is 4.90 Å². The first-order valence-electron chi connectivity index (χ1n) is 7.12. The molecule has 2 unspecified atom stereocenters. The van der Waals surface area contributed by atoms with Crippen molar-refractivity contribution >= 4 is 11.6 Å². The van der Waals surface area contributed by atoms with Crippen LogP contribution in [0.2, 0.25) is 0 Å². The zero-order valence-corrected chi connectivity index (χ0v) is 11.9. The number of nitrogens with one attached hydrogen (secondary N) is 1. The fourth-order valence-electron chi connectivity index (χ4n) is 2.69. The summed E-state index contributed by atoms with van der Waals surface area (Å²) in [6.45, 7) is 3.36. The maximum Gasteiger partial charge on any atom is 0.241 e. The van der Waals surface area contributed by atoms with Gasteiger partial charge in [-0.25, -0.2) is 0 Å². The number of anilines is 1. The van der Waals surface area contributed by atoms with E-state index >= 15 is 0 Å². The van der Waals surface area contributed by atoms with Gasteiger partial charge in [0.25, 0.3) is 0 Å². The number of likely N-dealkylation sites (tertiary alicyclic amines) is 1. The largest absolute Gasteiger partial charge is 0.395 e. The predicted molar refractivity (Wildman–Crippen MR) is 79.2 cm³/mol. The van der Waals surface area contributed by atoms with Gasteiger partial charge in [0.15, 0.2) is 0 Å². The molecule has 1 aromatic carbocycles. The van der Waals surface area contributed by atoms with Gasteiger partial charge in [-0.15, -0.1) is 0 Å². The highest BCUT2D eigenvalue weighted by Crippen LogP contribution is 2.20. The summed E-state index contributed by atoms with van der Waals surface area (Å²) in [6.07, 6.45) is 1.99. The highest BCUT2D eigenvalue weighted by Gasteiger charge is 2.31. The van der Waals surface area contributed by atoms with Gasteiger partial charge in [0.05, 0.1) is 12.6 Å². The van der Waals surface area contributed by atoms with Crippen LogP contribution in [0.5, 0.6) is 0 Å². The lowest BCUT2D eigenvalue weighted by Crippen LogP contribution is -2.45. The Balaban J connectivity index is 1.96. The summed E-state index contributed by atoms with van der Waals surface area (Å²) >= 11 is 0. The molecule has 1 heterocycles. The Hall–Kier alpha value is -1.43. The van der Waals surface area contributed by atoms with Gasteiger partial charge >= 0.3 is 0 Å². The smallest absolute Gasteiger partial charge is 0.241 e. The predicted octanol–water partition coefficient (Wildman–Crippen LogP) is 0.929. The molecule has 1 fully saturated rings. The maximum absolute atomic E-state index is 12.3. The third kappa shape index (κ3) is 3.36. The number of aliphatic hydroxyl groups excluding tert-OH is 1. The molecule has 4 N–H and O–H groups in total. The van der Waals surface area contributed by atoms with Gasteiger partial charge in [0.1, 0.15) is 0 Å². The summed E-state index contributed by atoms with van der Waals surface area (Å²) in [5.41, 5.74) is 7.36. The zero-order chi connectivity index (χ0) is 14.5. The number of carbonyl (C=O) groups is 1. The molecule has 0 saturated carbocycles. The first-order valence-corrected chi connectivity index (χ1v) is 7.12. The molecule has 20 heavy (non-hydrogen) atoms. The van der Waals surface area contributed by atoms with E-state index in [9.17, 15) is 9.90 Å². The van der Waals surface area contributed by atoms with Crippen LogP contribution < -0.4 is 11.1 Å². The molecule has 0 aliphatic carbocycles. The van der Waals surface area contributed by atoms with E-state index in [1.54, 1.807) is 0 Å². The van der Waals surface area contributed by atoms with E-state index < -0.39 is 0 Å². The fourth-order valence-corrected chi connectivity index (χ4v) is 2.69. The third-order valence-electron chi connectivity index (χ3n) is 3.97. The lowest BCUT2D eigenvalue weighted by Gasteiger charge is -2.28. The highest BCUT2D eigenvalue weighted by molar-refractivity contribution is 5.94. The maximum atomic E-state index is 12.3. The second kappa shape index (κ2) is 6.83. The second-order valence-electron chi connectivity index (χ2n) is 5.28. The molecular weight excluding hydrogens is 254 g/mol. The van der Waals surface area contributed by atoms with E-state index in [1.807, 2.05) is 31.2 Å². The number of hydrogen-bond donors (Lipinski definition) is 3. The average Bonchev–Trinajstić information content (AvgIpc) is 2.95. The molecular formula is C15H23N3O2. The van der Waals surface area contributed by atoms with Gasteiger partial charge in [0.2, 0.25) is 5.91 Å². The van der Waals surface area contributed by atoms with E-state index in [2.05, 4.69) is 10.2 Å². The molecule has 110 valence electrons. The van der Waals surface area contributed by atoms with E-state index in [1.165, 1.54) is 0 Å². The molecule has 2 rings (SSSR count). The number of carbonyl (C=O) groups excluding carboxylic acids is 1. The summed E-state index contributed by atoms with van der Waals surface area (Å²) in [4.78, 5) is 14.3. The monoisotopic (exact) mass is 277 g/mol. The molecule has 5 heteroatoms. The number of hydrogen-bond acceptors (Lipinski definition) is 4. The minimum absolute atomic E-state index is 0.0363. The Kier molecular flexibility index (Phi) is 5.11. The minimum atomic E-state index is -0.233. The van der Waals surface area contributed by atoms with Gasteiger partial charge in [0, 0.05) is 18.3 Å². The third-order valence-corrected chi connectivity index (χ3v) is 3.97. The summed E-state index contributed by atoms with van der Waals surface area (Å²) in [5, 5.41) is 12.2. The van der Waals surface area contributed by atoms with Gasteiger partial charge in [-0.3, -0.25) is 9.69 Å². The van der Waals surface area contributed by atoms with Crippen molar-refractivity contribution in [2.75, 3.05) is 18.5 Å². The molecule has 1 saturated heterocycles. The van der Waals surface area contributed by atoms with Crippen molar-refractivity contribution in [1.29, 1.82) is 0 Å². The standard InChI is InChI=1S/C15H23N3O2/c1-11(18-8-2-3-14(18)10-19)15(20)17-13-6-4-12(9-16)5-7-13/h4-7,11,14,19H,2-3,8-10,16H2,1H3,(H,17,20). The number of amides is 1. The normalized spacial score (nSPS) is 20.9. The molecule has 1 amide bonds. The van der Waals surface area contributed by atoms with Crippen molar-refractivity contribution in [2.24, 2.45) is 5.73 Å². The first kappa shape index (κ1) is 15.0. The van der Waals surface area contributed by atoms with Crippen LogP contribution in [-0.2, 0) is 11.3 Å². The topological polar surface area (TPSA) is 78.6 Å². The van der Waals surface area contributed by atoms with E-state index in [4.69, 9.17) is 5.73 Å². The van der Waals surface area contributed by atoms with Crippen LogP contribution >= 0.6 is 0 Å². The van der Waals surface area contributed by atoms with Crippen molar-refractivity contribution < 1.29 is 9.90 Å².